The van der Waals surface area contributed by atoms with Gasteiger partial charge in [0.05, 0.1) is 17.5 Å². The third kappa shape index (κ3) is 5.50. The van der Waals surface area contributed by atoms with E-state index in [2.05, 4.69) is 15.2 Å². The maximum atomic E-state index is 14.6. The molecular formula is C26H18F4N4O3. The van der Waals surface area contributed by atoms with E-state index in [0.717, 1.165) is 0 Å². The van der Waals surface area contributed by atoms with Gasteiger partial charge in [-0.05, 0) is 35.9 Å². The van der Waals surface area contributed by atoms with Gasteiger partial charge in [-0.25, -0.2) is 14.2 Å². The summed E-state index contributed by atoms with van der Waals surface area (Å²) in [5.41, 5.74) is 1.50. The summed E-state index contributed by atoms with van der Waals surface area (Å²) in [5, 5.41) is 8.55. The van der Waals surface area contributed by atoms with Crippen LogP contribution < -0.4 is 4.74 Å². The van der Waals surface area contributed by atoms with Gasteiger partial charge >= 0.3 is 12.1 Å². The molecule has 0 fully saturated rings. The van der Waals surface area contributed by atoms with Gasteiger partial charge in [0.25, 0.3) is 0 Å². The lowest BCUT2D eigenvalue weighted by molar-refractivity contribution is -0.127. The number of rotatable bonds is 7. The first-order valence-electron chi connectivity index (χ1n) is 11.1. The van der Waals surface area contributed by atoms with Gasteiger partial charge in [0.15, 0.2) is 23.0 Å². The largest absolute Gasteiger partial charge is 0.487 e. The highest BCUT2D eigenvalue weighted by molar-refractivity contribution is 5.89. The van der Waals surface area contributed by atoms with Crippen molar-refractivity contribution in [3.63, 3.8) is 0 Å². The van der Waals surface area contributed by atoms with Crippen molar-refractivity contribution in [2.24, 2.45) is 0 Å². The fourth-order valence-corrected chi connectivity index (χ4v) is 3.75. The number of hydrogen-bond donors (Lipinski definition) is 0. The predicted molar refractivity (Wildman–Crippen MR) is 126 cm³/mol. The molecule has 0 aliphatic rings. The molecule has 0 saturated heterocycles. The van der Waals surface area contributed by atoms with Crippen molar-refractivity contribution in [1.82, 2.24) is 19.6 Å². The van der Waals surface area contributed by atoms with E-state index < -0.39 is 24.4 Å². The monoisotopic (exact) mass is 510 g/mol. The normalized spacial score (nSPS) is 11.7. The highest BCUT2D eigenvalue weighted by Gasteiger charge is 2.28. The minimum absolute atomic E-state index is 0.0487. The predicted octanol–water partition coefficient (Wildman–Crippen LogP) is 5.42. The molecule has 0 atom stereocenters. The summed E-state index contributed by atoms with van der Waals surface area (Å²) in [4.78, 5) is 16.5. The summed E-state index contributed by atoms with van der Waals surface area (Å²) in [5.74, 6) is -0.999. The quantitative estimate of drug-likeness (QED) is 0.165. The number of halogens is 4. The van der Waals surface area contributed by atoms with Crippen LogP contribution in [0, 0.1) is 5.82 Å². The molecular weight excluding hydrogens is 492 g/mol. The minimum atomic E-state index is -4.36. The second kappa shape index (κ2) is 9.84. The standard InChI is InChI=1S/C26H18F4N4O3/c27-19-12-18-7-8-20(24-33-32-23-9-6-16(15-34(23)24)14-26(28,29)30)31-21(18)13-22(19)36-10-11-37-25(35)17-4-2-1-3-5-17/h1-9,12-13,15H,10-11,14H2. The fourth-order valence-electron chi connectivity index (χ4n) is 3.75. The highest BCUT2D eigenvalue weighted by Crippen LogP contribution is 2.27. The average Bonchev–Trinajstić information content (AvgIpc) is 3.29. The third-order valence-electron chi connectivity index (χ3n) is 5.42. The average molecular weight is 510 g/mol. The molecule has 37 heavy (non-hydrogen) atoms. The van der Waals surface area contributed by atoms with E-state index in [1.54, 1.807) is 42.5 Å². The van der Waals surface area contributed by atoms with Crippen molar-refractivity contribution in [2.75, 3.05) is 13.2 Å². The second-order valence-corrected chi connectivity index (χ2v) is 8.10. The maximum Gasteiger partial charge on any atom is 0.393 e. The van der Waals surface area contributed by atoms with Gasteiger partial charge in [0, 0.05) is 17.6 Å². The van der Waals surface area contributed by atoms with Gasteiger partial charge in [0.2, 0.25) is 0 Å². The SMILES string of the molecule is O=C(OCCOc1cc2nc(-c3nnc4ccc(CC(F)(F)F)cn34)ccc2cc1F)c1ccccc1. The van der Waals surface area contributed by atoms with E-state index in [0.29, 0.717) is 27.8 Å². The van der Waals surface area contributed by atoms with Crippen LogP contribution in [-0.2, 0) is 11.2 Å². The summed E-state index contributed by atoms with van der Waals surface area (Å²) in [6.45, 7) is -0.178. The molecule has 3 aromatic heterocycles. The van der Waals surface area contributed by atoms with E-state index in [4.69, 9.17) is 9.47 Å². The van der Waals surface area contributed by atoms with Crippen LogP contribution in [0.5, 0.6) is 5.75 Å². The van der Waals surface area contributed by atoms with Gasteiger partial charge in [-0.3, -0.25) is 4.40 Å². The van der Waals surface area contributed by atoms with Gasteiger partial charge < -0.3 is 9.47 Å². The zero-order valence-electron chi connectivity index (χ0n) is 19.1. The van der Waals surface area contributed by atoms with E-state index in [1.807, 2.05) is 0 Å². The van der Waals surface area contributed by atoms with Crippen molar-refractivity contribution in [3.8, 4) is 17.3 Å². The van der Waals surface area contributed by atoms with Gasteiger partial charge in [-0.1, -0.05) is 30.3 Å². The van der Waals surface area contributed by atoms with Crippen LogP contribution in [0.25, 0.3) is 28.1 Å². The Labute approximate surface area is 207 Å². The molecule has 0 saturated carbocycles. The summed E-state index contributed by atoms with van der Waals surface area (Å²) in [6, 6.07) is 17.1. The number of carbonyl (C=O) groups is 1. The lowest BCUT2D eigenvalue weighted by Gasteiger charge is -2.10. The molecule has 5 aromatic rings. The van der Waals surface area contributed by atoms with Gasteiger partial charge in [-0.15, -0.1) is 10.2 Å². The maximum absolute atomic E-state index is 14.6. The van der Waals surface area contributed by atoms with Gasteiger partial charge in [-0.2, -0.15) is 13.2 Å². The molecule has 5 rings (SSSR count). The molecule has 188 valence electrons. The van der Waals surface area contributed by atoms with Crippen molar-refractivity contribution in [2.45, 2.75) is 12.6 Å². The molecule has 0 aliphatic carbocycles. The number of hydrogen-bond acceptors (Lipinski definition) is 6. The number of fused-ring (bicyclic) bond motifs is 2. The van der Waals surface area contributed by atoms with Crippen molar-refractivity contribution in [1.29, 1.82) is 0 Å². The van der Waals surface area contributed by atoms with Crippen LogP contribution in [0.2, 0.25) is 0 Å². The number of ether oxygens (including phenoxy) is 2. The molecule has 0 aliphatic heterocycles. The lowest BCUT2D eigenvalue weighted by atomic mass is 10.1. The van der Waals surface area contributed by atoms with Gasteiger partial charge in [0.1, 0.15) is 18.9 Å². The van der Waals surface area contributed by atoms with Crippen molar-refractivity contribution < 1.29 is 31.8 Å². The number of esters is 1. The zero-order valence-corrected chi connectivity index (χ0v) is 19.1. The molecule has 0 amide bonds. The van der Waals surface area contributed by atoms with Crippen LogP contribution in [0.3, 0.4) is 0 Å². The summed E-state index contributed by atoms with van der Waals surface area (Å²) in [7, 11) is 0. The Kier molecular flexibility index (Phi) is 6.43. The summed E-state index contributed by atoms with van der Waals surface area (Å²) < 4.78 is 65.1. The van der Waals surface area contributed by atoms with E-state index in [1.165, 1.54) is 34.9 Å². The molecule has 0 N–H and O–H groups in total. The lowest BCUT2D eigenvalue weighted by Crippen LogP contribution is -2.12. The van der Waals surface area contributed by atoms with E-state index >= 15 is 0 Å². The molecule has 0 bridgehead atoms. The Bertz CT molecular complexity index is 1590. The number of aromatic nitrogens is 4. The Hall–Kier alpha value is -4.54. The van der Waals surface area contributed by atoms with E-state index in [9.17, 15) is 22.4 Å². The Morgan fingerprint density at radius 3 is 2.54 bits per heavy atom. The first-order valence-corrected chi connectivity index (χ1v) is 11.1. The Balaban J connectivity index is 1.35. The fraction of sp³-hybridized carbons (Fsp3) is 0.154. The van der Waals surface area contributed by atoms with Crippen molar-refractivity contribution in [3.05, 3.63) is 89.9 Å². The smallest absolute Gasteiger partial charge is 0.393 e. The molecule has 0 unspecified atom stereocenters. The molecule has 0 spiro atoms. The summed E-state index contributed by atoms with van der Waals surface area (Å²) >= 11 is 0. The molecule has 0 radical (unpaired) electrons. The number of carbonyl (C=O) groups excluding carboxylic acids is 1. The van der Waals surface area contributed by atoms with Crippen molar-refractivity contribution >= 4 is 22.5 Å². The third-order valence-corrected chi connectivity index (χ3v) is 5.42. The number of nitrogens with zero attached hydrogens (tertiary/aromatic N) is 4. The minimum Gasteiger partial charge on any atom is -0.487 e. The summed E-state index contributed by atoms with van der Waals surface area (Å²) in [6.07, 6.45) is -4.13. The first kappa shape index (κ1) is 24.2. The Morgan fingerprint density at radius 1 is 0.946 bits per heavy atom. The second-order valence-electron chi connectivity index (χ2n) is 8.10. The van der Waals surface area contributed by atoms with Crippen LogP contribution in [-0.4, -0.2) is 44.9 Å². The zero-order chi connectivity index (χ0) is 26.0. The molecule has 11 heteroatoms. The van der Waals surface area contributed by atoms with E-state index in [-0.39, 0.29) is 30.4 Å². The molecule has 2 aromatic carbocycles. The van der Waals surface area contributed by atoms with Crippen LogP contribution in [0.4, 0.5) is 17.6 Å². The van der Waals surface area contributed by atoms with Crippen LogP contribution in [0.1, 0.15) is 15.9 Å². The van der Waals surface area contributed by atoms with Crippen LogP contribution >= 0.6 is 0 Å². The first-order chi connectivity index (χ1) is 17.8. The highest BCUT2D eigenvalue weighted by atomic mass is 19.4. The Morgan fingerprint density at radius 2 is 1.76 bits per heavy atom. The topological polar surface area (TPSA) is 78.6 Å². The number of benzene rings is 2. The number of alkyl halides is 3. The molecule has 7 nitrogen and oxygen atoms in total. The van der Waals surface area contributed by atoms with Crippen LogP contribution in [0.15, 0.2) is 72.9 Å². The molecule has 3 heterocycles. The number of pyridine rings is 2.